The van der Waals surface area contributed by atoms with Gasteiger partial charge in [-0.2, -0.15) is 0 Å². The van der Waals surface area contributed by atoms with E-state index < -0.39 is 5.97 Å². The zero-order chi connectivity index (χ0) is 21.6. The summed E-state index contributed by atoms with van der Waals surface area (Å²) in [6, 6.07) is 24.3. The molecule has 0 bridgehead atoms. The van der Waals surface area contributed by atoms with Crippen LogP contribution in [0.25, 0.3) is 23.1 Å². The van der Waals surface area contributed by atoms with Gasteiger partial charge in [0.15, 0.2) is 11.5 Å². The van der Waals surface area contributed by atoms with Crippen LogP contribution >= 0.6 is 0 Å². The maximum atomic E-state index is 11.7. The Morgan fingerprint density at radius 2 is 1.71 bits per heavy atom. The van der Waals surface area contributed by atoms with Gasteiger partial charge in [0, 0.05) is 5.39 Å². The summed E-state index contributed by atoms with van der Waals surface area (Å²) in [5.74, 6) is 0.297. The van der Waals surface area contributed by atoms with Crippen molar-refractivity contribution >= 4 is 29.0 Å². The van der Waals surface area contributed by atoms with E-state index in [9.17, 15) is 9.90 Å². The van der Waals surface area contributed by atoms with E-state index >= 15 is 0 Å². The van der Waals surface area contributed by atoms with Crippen LogP contribution in [0, 0.1) is 0 Å². The number of hydrogen-bond donors (Lipinski definition) is 1. The van der Waals surface area contributed by atoms with Crippen LogP contribution in [0.15, 0.2) is 78.9 Å². The molecule has 5 heteroatoms. The van der Waals surface area contributed by atoms with Gasteiger partial charge in [-0.3, -0.25) is 0 Å². The molecule has 1 N–H and O–H groups in total. The highest BCUT2D eigenvalue weighted by molar-refractivity contribution is 6.03. The number of methoxy groups -OCH3 is 1. The van der Waals surface area contributed by atoms with Crippen LogP contribution in [0.1, 0.15) is 27.2 Å². The minimum absolute atomic E-state index is 0.229. The summed E-state index contributed by atoms with van der Waals surface area (Å²) in [4.78, 5) is 16.2. The van der Waals surface area contributed by atoms with Crippen molar-refractivity contribution < 1.29 is 19.4 Å². The molecule has 1 heterocycles. The van der Waals surface area contributed by atoms with Gasteiger partial charge in [0.05, 0.1) is 23.9 Å². The van der Waals surface area contributed by atoms with Crippen molar-refractivity contribution in [2.45, 2.75) is 6.61 Å². The van der Waals surface area contributed by atoms with Crippen LogP contribution < -0.4 is 9.47 Å². The number of carbonyl (C=O) groups is 1. The molecule has 0 atom stereocenters. The third kappa shape index (κ3) is 4.73. The minimum atomic E-state index is -0.978. The van der Waals surface area contributed by atoms with Crippen molar-refractivity contribution in [1.82, 2.24) is 4.98 Å². The summed E-state index contributed by atoms with van der Waals surface area (Å²) in [6.45, 7) is 0.429. The van der Waals surface area contributed by atoms with Gasteiger partial charge in [0.2, 0.25) is 0 Å². The fourth-order valence-corrected chi connectivity index (χ4v) is 3.28. The van der Waals surface area contributed by atoms with Crippen molar-refractivity contribution in [2.75, 3.05) is 7.11 Å². The Balaban J connectivity index is 1.61. The van der Waals surface area contributed by atoms with Crippen molar-refractivity contribution in [3.8, 4) is 11.5 Å². The first-order chi connectivity index (χ1) is 15.1. The van der Waals surface area contributed by atoms with E-state index in [-0.39, 0.29) is 5.56 Å². The lowest BCUT2D eigenvalue weighted by Crippen LogP contribution is -2.00. The van der Waals surface area contributed by atoms with Gasteiger partial charge >= 0.3 is 5.97 Å². The third-order valence-electron chi connectivity index (χ3n) is 4.84. The lowest BCUT2D eigenvalue weighted by Gasteiger charge is -2.11. The molecule has 0 unspecified atom stereocenters. The number of carboxylic acids is 1. The highest BCUT2D eigenvalue weighted by Gasteiger charge is 2.11. The molecule has 0 aliphatic rings. The fourth-order valence-electron chi connectivity index (χ4n) is 3.28. The van der Waals surface area contributed by atoms with Crippen molar-refractivity contribution in [3.05, 3.63) is 101 Å². The Labute approximate surface area is 180 Å². The summed E-state index contributed by atoms with van der Waals surface area (Å²) in [5.41, 5.74) is 3.39. The van der Waals surface area contributed by atoms with E-state index in [0.29, 0.717) is 34.7 Å². The van der Waals surface area contributed by atoms with Crippen LogP contribution in [0.5, 0.6) is 11.5 Å². The molecule has 0 saturated heterocycles. The third-order valence-corrected chi connectivity index (χ3v) is 4.84. The second-order valence-corrected chi connectivity index (χ2v) is 6.93. The quantitative estimate of drug-likeness (QED) is 0.423. The number of ether oxygens (including phenoxy) is 2. The van der Waals surface area contributed by atoms with Crippen LogP contribution in [-0.4, -0.2) is 23.2 Å². The minimum Gasteiger partial charge on any atom is -0.493 e. The van der Waals surface area contributed by atoms with Gasteiger partial charge in [0.1, 0.15) is 6.61 Å². The number of benzene rings is 3. The van der Waals surface area contributed by atoms with Gasteiger partial charge in [-0.05, 0) is 41.5 Å². The molecule has 0 fully saturated rings. The standard InChI is InChI=1S/C26H21NO4/c1-30-24-14-12-18(15-25(24)31-17-19-7-3-2-4-8-19)11-13-20-16-22(26(28)29)21-9-5-6-10-23(21)27-20/h2-16H,17H2,1H3,(H,28,29). The number of para-hydroxylation sites is 1. The second kappa shape index (κ2) is 9.13. The number of fused-ring (bicyclic) bond motifs is 1. The summed E-state index contributed by atoms with van der Waals surface area (Å²) in [5, 5.41) is 10.2. The van der Waals surface area contributed by atoms with E-state index in [1.807, 2.05) is 66.7 Å². The number of nitrogens with zero attached hydrogens (tertiary/aromatic N) is 1. The van der Waals surface area contributed by atoms with Crippen molar-refractivity contribution in [1.29, 1.82) is 0 Å². The number of pyridine rings is 1. The van der Waals surface area contributed by atoms with Gasteiger partial charge in [-0.25, -0.2) is 9.78 Å². The maximum Gasteiger partial charge on any atom is 0.336 e. The molecule has 5 nitrogen and oxygen atoms in total. The normalized spacial score (nSPS) is 11.0. The highest BCUT2D eigenvalue weighted by atomic mass is 16.5. The Morgan fingerprint density at radius 3 is 2.48 bits per heavy atom. The highest BCUT2D eigenvalue weighted by Crippen LogP contribution is 2.30. The first-order valence-corrected chi connectivity index (χ1v) is 9.80. The first-order valence-electron chi connectivity index (χ1n) is 9.80. The summed E-state index contributed by atoms with van der Waals surface area (Å²) in [6.07, 6.45) is 3.67. The molecule has 1 aromatic heterocycles. The van der Waals surface area contributed by atoms with Gasteiger partial charge in [0.25, 0.3) is 0 Å². The van der Waals surface area contributed by atoms with E-state index in [2.05, 4.69) is 4.98 Å². The molecular formula is C26H21NO4. The van der Waals surface area contributed by atoms with Crippen LogP contribution in [-0.2, 0) is 6.61 Å². The molecule has 0 aliphatic heterocycles. The SMILES string of the molecule is COc1ccc(C=Cc2cc(C(=O)O)c3ccccc3n2)cc1OCc1ccccc1. The zero-order valence-corrected chi connectivity index (χ0v) is 17.0. The average Bonchev–Trinajstić information content (AvgIpc) is 2.81. The largest absolute Gasteiger partial charge is 0.493 e. The van der Waals surface area contributed by atoms with Crippen molar-refractivity contribution in [3.63, 3.8) is 0 Å². The van der Waals surface area contributed by atoms with E-state index in [4.69, 9.17) is 9.47 Å². The Bertz CT molecular complexity index is 1250. The number of hydrogen-bond acceptors (Lipinski definition) is 4. The average molecular weight is 411 g/mol. The Kier molecular flexibility index (Phi) is 5.94. The van der Waals surface area contributed by atoms with Crippen LogP contribution in [0.2, 0.25) is 0 Å². The number of rotatable bonds is 7. The Hall–Kier alpha value is -4.12. The van der Waals surface area contributed by atoms with Gasteiger partial charge in [-0.15, -0.1) is 0 Å². The number of aromatic carboxylic acids is 1. The van der Waals surface area contributed by atoms with E-state index in [1.54, 1.807) is 31.4 Å². The van der Waals surface area contributed by atoms with Gasteiger partial charge < -0.3 is 14.6 Å². The topological polar surface area (TPSA) is 68.7 Å². The first kappa shape index (κ1) is 20.2. The lowest BCUT2D eigenvalue weighted by molar-refractivity contribution is 0.0699. The molecular weight excluding hydrogens is 390 g/mol. The van der Waals surface area contributed by atoms with Crippen LogP contribution in [0.4, 0.5) is 0 Å². The molecule has 154 valence electrons. The summed E-state index contributed by atoms with van der Waals surface area (Å²) < 4.78 is 11.4. The second-order valence-electron chi connectivity index (χ2n) is 6.93. The number of aromatic nitrogens is 1. The molecule has 0 aliphatic carbocycles. The predicted molar refractivity (Wildman–Crippen MR) is 121 cm³/mol. The molecule has 3 aromatic carbocycles. The maximum absolute atomic E-state index is 11.7. The van der Waals surface area contributed by atoms with Crippen molar-refractivity contribution in [2.24, 2.45) is 0 Å². The van der Waals surface area contributed by atoms with E-state index in [1.165, 1.54) is 0 Å². The lowest BCUT2D eigenvalue weighted by atomic mass is 10.1. The Morgan fingerprint density at radius 1 is 0.935 bits per heavy atom. The zero-order valence-electron chi connectivity index (χ0n) is 17.0. The monoisotopic (exact) mass is 411 g/mol. The number of carboxylic acid groups (broad SMARTS) is 1. The molecule has 0 radical (unpaired) electrons. The molecule has 0 spiro atoms. The molecule has 0 saturated carbocycles. The summed E-state index contributed by atoms with van der Waals surface area (Å²) >= 11 is 0. The molecule has 4 rings (SSSR count). The molecule has 31 heavy (non-hydrogen) atoms. The van der Waals surface area contributed by atoms with Gasteiger partial charge in [-0.1, -0.05) is 60.7 Å². The van der Waals surface area contributed by atoms with Crippen LogP contribution in [0.3, 0.4) is 0 Å². The predicted octanol–water partition coefficient (Wildman–Crippen LogP) is 5.69. The molecule has 4 aromatic rings. The smallest absolute Gasteiger partial charge is 0.336 e. The molecule has 0 amide bonds. The summed E-state index contributed by atoms with van der Waals surface area (Å²) in [7, 11) is 1.60. The fraction of sp³-hybridized carbons (Fsp3) is 0.0769. The van der Waals surface area contributed by atoms with E-state index in [0.717, 1.165) is 11.1 Å².